The van der Waals surface area contributed by atoms with Crippen LogP contribution in [0, 0.1) is 22.7 Å². The molecule has 1 aromatic carbocycles. The van der Waals surface area contributed by atoms with Crippen LogP contribution in [0.15, 0.2) is 42.7 Å². The minimum atomic E-state index is -4.62. The van der Waals surface area contributed by atoms with E-state index in [0.29, 0.717) is 38.3 Å². The molecule has 6 nitrogen and oxygen atoms in total. The number of nitriles is 1. The van der Waals surface area contributed by atoms with Crippen LogP contribution in [0.4, 0.5) is 18.9 Å². The van der Waals surface area contributed by atoms with Gasteiger partial charge in [0.25, 0.3) is 0 Å². The fourth-order valence-electron chi connectivity index (χ4n) is 4.82. The minimum Gasteiger partial charge on any atom is -0.396 e. The van der Waals surface area contributed by atoms with Crippen molar-refractivity contribution in [1.82, 2.24) is 9.88 Å². The van der Waals surface area contributed by atoms with E-state index in [9.17, 15) is 23.1 Å². The van der Waals surface area contributed by atoms with Crippen LogP contribution >= 0.6 is 0 Å². The smallest absolute Gasteiger partial charge is 0.396 e. The number of carbonyl (C=O) groups excluding carboxylic acids is 1. The second-order valence-corrected chi connectivity index (χ2v) is 8.57. The highest BCUT2D eigenvalue weighted by Gasteiger charge is 2.50. The number of alkyl halides is 3. The van der Waals surface area contributed by atoms with E-state index in [1.807, 2.05) is 11.0 Å². The number of aliphatic hydroxyl groups excluding tert-OH is 1. The molecule has 1 amide bonds. The molecule has 0 bridgehead atoms. The molecule has 1 aromatic heterocycles. The largest absolute Gasteiger partial charge is 0.417 e. The maximum absolute atomic E-state index is 13.4. The van der Waals surface area contributed by atoms with Crippen molar-refractivity contribution in [1.29, 1.82) is 5.26 Å². The van der Waals surface area contributed by atoms with Crippen LogP contribution in [0.25, 0.3) is 0 Å². The van der Waals surface area contributed by atoms with Crippen LogP contribution in [0.1, 0.15) is 23.1 Å². The molecule has 0 saturated carbocycles. The number of rotatable bonds is 4. The van der Waals surface area contributed by atoms with Gasteiger partial charge in [0, 0.05) is 55.6 Å². The normalized spacial score (nSPS) is 23.0. The van der Waals surface area contributed by atoms with Crippen LogP contribution in [-0.2, 0) is 17.4 Å². The first kappa shape index (κ1) is 22.1. The van der Waals surface area contributed by atoms with Crippen LogP contribution in [0.5, 0.6) is 0 Å². The number of hydrogen-bond donors (Lipinski definition) is 1. The Bertz CT molecular complexity index is 1040. The molecule has 2 aliphatic heterocycles. The van der Waals surface area contributed by atoms with Crippen molar-refractivity contribution in [2.75, 3.05) is 37.7 Å². The van der Waals surface area contributed by atoms with Gasteiger partial charge in [-0.05, 0) is 36.2 Å². The van der Waals surface area contributed by atoms with Crippen molar-refractivity contribution < 1.29 is 23.1 Å². The third-order valence-electron chi connectivity index (χ3n) is 6.67. The van der Waals surface area contributed by atoms with E-state index in [2.05, 4.69) is 4.98 Å². The van der Waals surface area contributed by atoms with Crippen LogP contribution in [0.3, 0.4) is 0 Å². The summed E-state index contributed by atoms with van der Waals surface area (Å²) in [7, 11) is 0. The van der Waals surface area contributed by atoms with Crippen molar-refractivity contribution in [3.8, 4) is 6.07 Å². The number of benzene rings is 1. The lowest BCUT2D eigenvalue weighted by Gasteiger charge is -2.43. The summed E-state index contributed by atoms with van der Waals surface area (Å²) in [4.78, 5) is 20.5. The molecule has 32 heavy (non-hydrogen) atoms. The first-order valence-corrected chi connectivity index (χ1v) is 10.4. The fourth-order valence-corrected chi connectivity index (χ4v) is 4.82. The Hall–Kier alpha value is -3.12. The monoisotopic (exact) mass is 444 g/mol. The Morgan fingerprint density at radius 1 is 1.31 bits per heavy atom. The molecule has 4 rings (SSSR count). The number of piperidine rings is 1. The maximum atomic E-state index is 13.4. The molecule has 168 valence electrons. The first-order chi connectivity index (χ1) is 15.3. The lowest BCUT2D eigenvalue weighted by atomic mass is 9.73. The number of carbonyl (C=O) groups is 1. The highest BCUT2D eigenvalue weighted by Crippen LogP contribution is 2.44. The summed E-state index contributed by atoms with van der Waals surface area (Å²) in [6.07, 6.45) is -0.550. The number of anilines is 1. The summed E-state index contributed by atoms with van der Waals surface area (Å²) in [5, 5.41) is 19.2. The molecule has 1 N–H and O–H groups in total. The standard InChI is InChI=1S/C23H23F3N4O2/c24-23(25,26)20-9-19(4-3-17(20)10-27)29-7-5-22(15-31)14-30(13-18(22)12-29)21(32)8-16-2-1-6-28-11-16/h1-4,6,9,11,18,31H,5,7-8,12-15H2/t18-,22+/m1/s1. The number of aromatic nitrogens is 1. The van der Waals surface area contributed by atoms with Crippen molar-refractivity contribution >= 4 is 11.6 Å². The average Bonchev–Trinajstić information content (AvgIpc) is 3.18. The Balaban J connectivity index is 1.52. The number of aliphatic hydroxyl groups is 1. The number of likely N-dealkylation sites (tertiary alicyclic amines) is 1. The molecule has 2 aromatic rings. The molecule has 0 radical (unpaired) electrons. The van der Waals surface area contributed by atoms with Gasteiger partial charge in [-0.2, -0.15) is 18.4 Å². The highest BCUT2D eigenvalue weighted by atomic mass is 19.4. The van der Waals surface area contributed by atoms with Crippen LogP contribution in [-0.4, -0.2) is 53.7 Å². The number of amides is 1. The van der Waals surface area contributed by atoms with Crippen molar-refractivity contribution in [2.24, 2.45) is 11.3 Å². The zero-order valence-electron chi connectivity index (χ0n) is 17.3. The van der Waals surface area contributed by atoms with E-state index in [4.69, 9.17) is 5.26 Å². The van der Waals surface area contributed by atoms with Gasteiger partial charge in [-0.25, -0.2) is 0 Å². The summed E-state index contributed by atoms with van der Waals surface area (Å²) in [6.45, 7) is 1.69. The summed E-state index contributed by atoms with van der Waals surface area (Å²) >= 11 is 0. The second kappa shape index (κ2) is 8.43. The predicted molar refractivity (Wildman–Crippen MR) is 111 cm³/mol. The number of pyridine rings is 1. The molecule has 0 unspecified atom stereocenters. The second-order valence-electron chi connectivity index (χ2n) is 8.57. The lowest BCUT2D eigenvalue weighted by molar-refractivity contribution is -0.137. The number of hydrogen-bond acceptors (Lipinski definition) is 5. The third-order valence-corrected chi connectivity index (χ3v) is 6.67. The molecule has 3 heterocycles. The SMILES string of the molecule is N#Cc1ccc(N2CC[C@@]3(CO)CN(C(=O)Cc4cccnc4)C[C@H]3C2)cc1C(F)(F)F. The Kier molecular flexibility index (Phi) is 5.82. The molecule has 2 aliphatic rings. The Morgan fingerprint density at radius 2 is 2.12 bits per heavy atom. The van der Waals surface area contributed by atoms with E-state index in [-0.39, 0.29) is 24.9 Å². The van der Waals surface area contributed by atoms with Crippen molar-refractivity contribution in [3.05, 3.63) is 59.4 Å². The Labute approximate surface area is 183 Å². The number of fused-ring (bicyclic) bond motifs is 1. The zero-order valence-corrected chi connectivity index (χ0v) is 17.3. The van der Waals surface area contributed by atoms with Crippen LogP contribution in [0.2, 0.25) is 0 Å². The summed E-state index contributed by atoms with van der Waals surface area (Å²) < 4.78 is 40.1. The molecular formula is C23H23F3N4O2. The highest BCUT2D eigenvalue weighted by molar-refractivity contribution is 5.79. The van der Waals surface area contributed by atoms with E-state index in [1.54, 1.807) is 29.4 Å². The van der Waals surface area contributed by atoms with Gasteiger partial charge in [-0.15, -0.1) is 0 Å². The van der Waals surface area contributed by atoms with Gasteiger partial charge < -0.3 is 14.9 Å². The predicted octanol–water partition coefficient (Wildman–Crippen LogP) is 2.86. The molecule has 0 spiro atoms. The van der Waals surface area contributed by atoms with Crippen molar-refractivity contribution in [3.63, 3.8) is 0 Å². The maximum Gasteiger partial charge on any atom is 0.417 e. The lowest BCUT2D eigenvalue weighted by Crippen LogP contribution is -2.49. The molecule has 2 atom stereocenters. The van der Waals surface area contributed by atoms with Gasteiger partial charge in [0.1, 0.15) is 0 Å². The minimum absolute atomic E-state index is 0.0514. The van der Waals surface area contributed by atoms with Gasteiger partial charge in [-0.3, -0.25) is 9.78 Å². The zero-order chi connectivity index (χ0) is 22.9. The molecule has 2 fully saturated rings. The first-order valence-electron chi connectivity index (χ1n) is 10.4. The quantitative estimate of drug-likeness (QED) is 0.785. The van der Waals surface area contributed by atoms with Gasteiger partial charge in [0.2, 0.25) is 5.91 Å². The number of halogens is 3. The van der Waals surface area contributed by atoms with Gasteiger partial charge >= 0.3 is 6.18 Å². The Morgan fingerprint density at radius 3 is 2.78 bits per heavy atom. The van der Waals surface area contributed by atoms with Gasteiger partial charge in [0.05, 0.1) is 30.2 Å². The third kappa shape index (κ3) is 4.15. The molecular weight excluding hydrogens is 421 g/mol. The summed E-state index contributed by atoms with van der Waals surface area (Å²) in [6, 6.07) is 8.95. The van der Waals surface area contributed by atoms with E-state index in [1.165, 1.54) is 12.1 Å². The van der Waals surface area contributed by atoms with Crippen molar-refractivity contribution in [2.45, 2.75) is 19.0 Å². The average molecular weight is 444 g/mol. The summed E-state index contributed by atoms with van der Waals surface area (Å²) in [5.41, 5.74) is -0.611. The fraction of sp³-hybridized carbons (Fsp3) is 0.435. The topological polar surface area (TPSA) is 80.5 Å². The summed E-state index contributed by atoms with van der Waals surface area (Å²) in [5.74, 6) is -0.117. The number of nitrogens with zero attached hydrogens (tertiary/aromatic N) is 4. The van der Waals surface area contributed by atoms with E-state index < -0.39 is 22.7 Å². The molecule has 0 aliphatic carbocycles. The van der Waals surface area contributed by atoms with E-state index >= 15 is 0 Å². The molecule has 2 saturated heterocycles. The van der Waals surface area contributed by atoms with Gasteiger partial charge in [-0.1, -0.05) is 6.07 Å². The molecule has 9 heteroatoms. The van der Waals surface area contributed by atoms with E-state index in [0.717, 1.165) is 11.6 Å². The van der Waals surface area contributed by atoms with Crippen LogP contribution < -0.4 is 4.90 Å². The van der Waals surface area contributed by atoms with Gasteiger partial charge in [0.15, 0.2) is 0 Å².